The summed E-state index contributed by atoms with van der Waals surface area (Å²) in [6.45, 7) is 2.51. The van der Waals surface area contributed by atoms with Crippen molar-refractivity contribution in [3.8, 4) is 17.2 Å². The van der Waals surface area contributed by atoms with Crippen LogP contribution in [-0.4, -0.2) is 12.6 Å². The van der Waals surface area contributed by atoms with E-state index in [0.717, 1.165) is 22.6 Å². The molecule has 0 saturated carbocycles. The highest BCUT2D eigenvalue weighted by Gasteiger charge is 2.04. The van der Waals surface area contributed by atoms with Crippen LogP contribution in [0.3, 0.4) is 0 Å². The van der Waals surface area contributed by atoms with Crippen LogP contribution >= 0.6 is 0 Å². The van der Waals surface area contributed by atoms with Crippen molar-refractivity contribution in [2.24, 2.45) is 0 Å². The second kappa shape index (κ2) is 9.97. The van der Waals surface area contributed by atoms with Crippen LogP contribution in [0.25, 0.3) is 6.08 Å². The molecule has 4 nitrogen and oxygen atoms in total. The van der Waals surface area contributed by atoms with E-state index in [-0.39, 0.29) is 5.97 Å². The molecule has 0 radical (unpaired) electrons. The summed E-state index contributed by atoms with van der Waals surface area (Å²) in [4.78, 5) is 11.5. The van der Waals surface area contributed by atoms with Crippen molar-refractivity contribution in [2.75, 3.05) is 6.61 Å². The molecule has 3 rings (SSSR count). The maximum Gasteiger partial charge on any atom is 0.330 e. The molecule has 0 fully saturated rings. The van der Waals surface area contributed by atoms with Gasteiger partial charge in [0.2, 0.25) is 0 Å². The zero-order valence-electron chi connectivity index (χ0n) is 15.7. The van der Waals surface area contributed by atoms with Crippen LogP contribution in [-0.2, 0) is 16.1 Å². The first-order chi connectivity index (χ1) is 13.7. The van der Waals surface area contributed by atoms with Crippen molar-refractivity contribution < 1.29 is 19.0 Å². The fourth-order valence-corrected chi connectivity index (χ4v) is 2.58. The number of ether oxygens (including phenoxy) is 3. The summed E-state index contributed by atoms with van der Waals surface area (Å²) in [5.74, 6) is 1.86. The summed E-state index contributed by atoms with van der Waals surface area (Å²) < 4.78 is 16.7. The lowest BCUT2D eigenvalue weighted by atomic mass is 10.2. The van der Waals surface area contributed by atoms with Gasteiger partial charge in [0, 0.05) is 11.6 Å². The Hall–Kier alpha value is -3.53. The van der Waals surface area contributed by atoms with Crippen LogP contribution in [0.5, 0.6) is 17.2 Å². The van der Waals surface area contributed by atoms with Gasteiger partial charge in [-0.25, -0.2) is 4.79 Å². The maximum atomic E-state index is 11.5. The van der Waals surface area contributed by atoms with Crippen LogP contribution in [0.4, 0.5) is 0 Å². The molecule has 0 spiro atoms. The third kappa shape index (κ3) is 5.74. The van der Waals surface area contributed by atoms with E-state index < -0.39 is 0 Å². The van der Waals surface area contributed by atoms with E-state index in [4.69, 9.17) is 14.2 Å². The Balaban J connectivity index is 1.66. The zero-order valence-corrected chi connectivity index (χ0v) is 15.7. The number of benzene rings is 3. The minimum atomic E-state index is -0.372. The smallest absolute Gasteiger partial charge is 0.330 e. The highest BCUT2D eigenvalue weighted by molar-refractivity contribution is 5.87. The topological polar surface area (TPSA) is 44.8 Å². The van der Waals surface area contributed by atoms with Gasteiger partial charge in [-0.2, -0.15) is 0 Å². The first kappa shape index (κ1) is 19.2. The highest BCUT2D eigenvalue weighted by atomic mass is 16.5. The van der Waals surface area contributed by atoms with Gasteiger partial charge in [0.25, 0.3) is 0 Å². The number of carbonyl (C=O) groups is 1. The van der Waals surface area contributed by atoms with Crippen LogP contribution < -0.4 is 9.47 Å². The SMILES string of the molecule is CCOC(=O)C=Cc1ccccc1OCc1cccc(Oc2ccccc2)c1. The van der Waals surface area contributed by atoms with Crippen molar-refractivity contribution in [1.29, 1.82) is 0 Å². The van der Waals surface area contributed by atoms with Gasteiger partial charge in [0.15, 0.2) is 0 Å². The Bertz CT molecular complexity index is 932. The van der Waals surface area contributed by atoms with Crippen LogP contribution in [0.1, 0.15) is 18.1 Å². The molecule has 0 aliphatic carbocycles. The molecule has 0 aliphatic heterocycles. The molecule has 0 atom stereocenters. The molecular formula is C24H22O4. The standard InChI is InChI=1S/C24H22O4/c1-2-26-24(25)16-15-20-10-6-7-14-23(20)27-18-19-9-8-13-22(17-19)28-21-11-4-3-5-12-21/h3-17H,2,18H2,1H3. The van der Waals surface area contributed by atoms with Gasteiger partial charge in [-0.15, -0.1) is 0 Å². The molecule has 0 saturated heterocycles. The van der Waals surface area contributed by atoms with Crippen LogP contribution in [0.2, 0.25) is 0 Å². The van der Waals surface area contributed by atoms with E-state index in [1.54, 1.807) is 13.0 Å². The largest absolute Gasteiger partial charge is 0.488 e. The number of carbonyl (C=O) groups excluding carboxylic acids is 1. The monoisotopic (exact) mass is 374 g/mol. The average Bonchev–Trinajstić information content (AvgIpc) is 2.72. The van der Waals surface area contributed by atoms with Crippen LogP contribution in [0, 0.1) is 0 Å². The lowest BCUT2D eigenvalue weighted by Crippen LogP contribution is -1.99. The normalized spacial score (nSPS) is 10.6. The van der Waals surface area contributed by atoms with Gasteiger partial charge in [-0.3, -0.25) is 0 Å². The number of esters is 1. The molecular weight excluding hydrogens is 352 g/mol. The molecule has 4 heteroatoms. The van der Waals surface area contributed by atoms with Gasteiger partial charge in [-0.1, -0.05) is 48.5 Å². The number of hydrogen-bond acceptors (Lipinski definition) is 4. The molecule has 0 aliphatic rings. The Kier molecular flexibility index (Phi) is 6.85. The molecule has 0 aromatic heterocycles. The second-order valence-corrected chi connectivity index (χ2v) is 5.97. The molecule has 0 heterocycles. The predicted octanol–water partition coefficient (Wildman–Crippen LogP) is 5.63. The van der Waals surface area contributed by atoms with Gasteiger partial charge in [0.05, 0.1) is 6.61 Å². The van der Waals surface area contributed by atoms with Crippen molar-refractivity contribution in [2.45, 2.75) is 13.5 Å². The summed E-state index contributed by atoms with van der Waals surface area (Å²) in [6, 6.07) is 25.0. The molecule has 28 heavy (non-hydrogen) atoms. The molecule has 0 amide bonds. The Labute approximate surface area is 165 Å². The van der Waals surface area contributed by atoms with E-state index in [9.17, 15) is 4.79 Å². The van der Waals surface area contributed by atoms with E-state index in [0.29, 0.717) is 19.0 Å². The number of para-hydroxylation sites is 2. The van der Waals surface area contributed by atoms with Crippen molar-refractivity contribution in [3.05, 3.63) is 96.1 Å². The molecule has 3 aromatic rings. The summed E-state index contributed by atoms with van der Waals surface area (Å²) in [6.07, 6.45) is 3.10. The first-order valence-corrected chi connectivity index (χ1v) is 9.13. The summed E-state index contributed by atoms with van der Waals surface area (Å²) in [5, 5.41) is 0. The minimum Gasteiger partial charge on any atom is -0.488 e. The Morgan fingerprint density at radius 1 is 0.893 bits per heavy atom. The lowest BCUT2D eigenvalue weighted by molar-refractivity contribution is -0.137. The van der Waals surface area contributed by atoms with E-state index in [1.807, 2.05) is 78.9 Å². The Morgan fingerprint density at radius 3 is 2.46 bits per heavy atom. The fraction of sp³-hybridized carbons (Fsp3) is 0.125. The minimum absolute atomic E-state index is 0.350. The van der Waals surface area contributed by atoms with Gasteiger partial charge in [-0.05, 0) is 48.9 Å². The second-order valence-electron chi connectivity index (χ2n) is 5.97. The lowest BCUT2D eigenvalue weighted by Gasteiger charge is -2.11. The van der Waals surface area contributed by atoms with E-state index >= 15 is 0 Å². The van der Waals surface area contributed by atoms with Crippen molar-refractivity contribution in [1.82, 2.24) is 0 Å². The first-order valence-electron chi connectivity index (χ1n) is 9.13. The summed E-state index contributed by atoms with van der Waals surface area (Å²) in [5.41, 5.74) is 1.80. The van der Waals surface area contributed by atoms with Crippen molar-refractivity contribution in [3.63, 3.8) is 0 Å². The van der Waals surface area contributed by atoms with Gasteiger partial charge in [0.1, 0.15) is 23.9 Å². The molecule has 3 aromatic carbocycles. The summed E-state index contributed by atoms with van der Waals surface area (Å²) in [7, 11) is 0. The van der Waals surface area contributed by atoms with E-state index in [2.05, 4.69) is 0 Å². The zero-order chi connectivity index (χ0) is 19.6. The molecule has 0 bridgehead atoms. The average molecular weight is 374 g/mol. The third-order valence-corrected chi connectivity index (χ3v) is 3.88. The molecule has 0 N–H and O–H groups in total. The van der Waals surface area contributed by atoms with E-state index in [1.165, 1.54) is 6.08 Å². The number of rotatable bonds is 8. The van der Waals surface area contributed by atoms with Gasteiger partial charge < -0.3 is 14.2 Å². The Morgan fingerprint density at radius 2 is 1.64 bits per heavy atom. The third-order valence-electron chi connectivity index (χ3n) is 3.88. The maximum absolute atomic E-state index is 11.5. The van der Waals surface area contributed by atoms with Crippen LogP contribution in [0.15, 0.2) is 84.9 Å². The van der Waals surface area contributed by atoms with Crippen molar-refractivity contribution >= 4 is 12.0 Å². The predicted molar refractivity (Wildman–Crippen MR) is 109 cm³/mol. The molecule has 0 unspecified atom stereocenters. The summed E-state index contributed by atoms with van der Waals surface area (Å²) >= 11 is 0. The highest BCUT2D eigenvalue weighted by Crippen LogP contribution is 2.24. The molecule has 142 valence electrons. The fourth-order valence-electron chi connectivity index (χ4n) is 2.58. The van der Waals surface area contributed by atoms with Gasteiger partial charge >= 0.3 is 5.97 Å². The number of hydrogen-bond donors (Lipinski definition) is 0. The quantitative estimate of drug-likeness (QED) is 0.378.